The van der Waals surface area contributed by atoms with Crippen molar-refractivity contribution in [3.63, 3.8) is 0 Å². The molecule has 36 heavy (non-hydrogen) atoms. The highest BCUT2D eigenvalue weighted by Gasteiger charge is 2.72. The molecule has 0 bridgehead atoms. The molecular formula is C28H43N3O5. The van der Waals surface area contributed by atoms with Gasteiger partial charge in [-0.05, 0) is 39.0 Å². The Hall–Kier alpha value is -2.19. The fraction of sp³-hybridized carbons (Fsp3) is 0.750. The van der Waals surface area contributed by atoms with E-state index in [-0.39, 0.29) is 29.7 Å². The van der Waals surface area contributed by atoms with E-state index in [0.717, 1.165) is 12.8 Å². The van der Waals surface area contributed by atoms with Crippen molar-refractivity contribution >= 4 is 17.7 Å². The number of amides is 3. The summed E-state index contributed by atoms with van der Waals surface area (Å²) < 4.78 is 6.65. The van der Waals surface area contributed by atoms with Gasteiger partial charge in [0.15, 0.2) is 0 Å². The van der Waals surface area contributed by atoms with Crippen LogP contribution in [0.3, 0.4) is 0 Å². The number of carbonyl (C=O) groups is 3. The maximum Gasteiger partial charge on any atom is 0.249 e. The number of ether oxygens (including phenoxy) is 1. The Morgan fingerprint density at radius 2 is 1.78 bits per heavy atom. The van der Waals surface area contributed by atoms with Gasteiger partial charge in [-0.15, -0.1) is 0 Å². The van der Waals surface area contributed by atoms with Crippen molar-refractivity contribution in [2.24, 2.45) is 17.3 Å². The lowest BCUT2D eigenvalue weighted by Crippen LogP contribution is -2.61. The molecule has 0 radical (unpaired) electrons. The van der Waals surface area contributed by atoms with Crippen molar-refractivity contribution in [3.8, 4) is 0 Å². The molecule has 0 aromatic heterocycles. The predicted octanol–water partition coefficient (Wildman–Crippen LogP) is 2.37. The van der Waals surface area contributed by atoms with Crippen LogP contribution in [0.5, 0.6) is 0 Å². The topological polar surface area (TPSA) is 90.4 Å². The van der Waals surface area contributed by atoms with Crippen LogP contribution in [0.15, 0.2) is 24.3 Å². The lowest BCUT2D eigenvalue weighted by molar-refractivity contribution is -0.154. The second-order valence-corrected chi connectivity index (χ2v) is 12.7. The van der Waals surface area contributed by atoms with Crippen molar-refractivity contribution in [1.29, 1.82) is 0 Å². The molecule has 4 rings (SSSR count). The molecule has 4 aliphatic heterocycles. The highest BCUT2D eigenvalue weighted by molar-refractivity contribution is 6.00. The van der Waals surface area contributed by atoms with Crippen LogP contribution in [-0.2, 0) is 19.1 Å². The zero-order valence-electron chi connectivity index (χ0n) is 22.9. The van der Waals surface area contributed by atoms with Gasteiger partial charge in [0.05, 0.1) is 30.6 Å². The van der Waals surface area contributed by atoms with Gasteiger partial charge in [0.2, 0.25) is 17.7 Å². The van der Waals surface area contributed by atoms with Crippen LogP contribution in [0.2, 0.25) is 0 Å². The summed E-state index contributed by atoms with van der Waals surface area (Å²) in [6, 6.07) is -1.53. The van der Waals surface area contributed by atoms with E-state index in [9.17, 15) is 19.5 Å². The van der Waals surface area contributed by atoms with E-state index >= 15 is 0 Å². The number of hydrogen-bond acceptors (Lipinski definition) is 5. The predicted molar refractivity (Wildman–Crippen MR) is 137 cm³/mol. The van der Waals surface area contributed by atoms with E-state index in [1.54, 1.807) is 11.8 Å². The standard InChI is InChI=1S/C28H43N3O5/c1-8-13-29-14-9-11-19-20(23(29)33)21-24(34)31(18(2)16-32)22-25(35)30(15-10-12-28(21,22)36-19)27(6,7)17-26(3,4)5/h9-12,18-22,32H,8,13-17H2,1-7H3/t18-,19-,20+,21+,22?,28+/m1/s1. The first kappa shape index (κ1) is 26.9. The molecule has 1 N–H and O–H groups in total. The first-order chi connectivity index (χ1) is 16.8. The third-order valence-corrected chi connectivity index (χ3v) is 8.11. The summed E-state index contributed by atoms with van der Waals surface area (Å²) in [4.78, 5) is 47.4. The average molecular weight is 502 g/mol. The number of likely N-dealkylation sites (tertiary alicyclic amines) is 1. The van der Waals surface area contributed by atoms with Gasteiger partial charge in [0.1, 0.15) is 11.6 Å². The van der Waals surface area contributed by atoms with Gasteiger partial charge in [0.25, 0.3) is 0 Å². The SMILES string of the molecule is CCCN1CC=C[C@H]2O[C@]34C=CCN(C(C)(C)CC(C)(C)C)C(=O)C3N([C@H](C)CO)C(=O)[C@@H]4[C@H]2C1=O. The monoisotopic (exact) mass is 501 g/mol. The van der Waals surface area contributed by atoms with Crippen LogP contribution < -0.4 is 0 Å². The lowest BCUT2D eigenvalue weighted by atomic mass is 9.77. The molecular weight excluding hydrogens is 458 g/mol. The number of nitrogens with zero attached hydrogens (tertiary/aromatic N) is 3. The molecule has 0 saturated carbocycles. The van der Waals surface area contributed by atoms with Crippen LogP contribution in [-0.4, -0.2) is 93.1 Å². The van der Waals surface area contributed by atoms with E-state index in [0.29, 0.717) is 19.6 Å². The summed E-state index contributed by atoms with van der Waals surface area (Å²) in [6.07, 6.45) is 8.63. The summed E-state index contributed by atoms with van der Waals surface area (Å²) in [7, 11) is 0. The lowest BCUT2D eigenvalue weighted by Gasteiger charge is -2.45. The van der Waals surface area contributed by atoms with Gasteiger partial charge in [-0.3, -0.25) is 14.4 Å². The van der Waals surface area contributed by atoms with Crippen molar-refractivity contribution in [1.82, 2.24) is 14.7 Å². The Bertz CT molecular complexity index is 967. The minimum atomic E-state index is -1.26. The minimum Gasteiger partial charge on any atom is -0.394 e. The minimum absolute atomic E-state index is 0.0133. The van der Waals surface area contributed by atoms with Crippen LogP contribution in [0.1, 0.15) is 61.3 Å². The van der Waals surface area contributed by atoms with Gasteiger partial charge in [-0.1, -0.05) is 52.0 Å². The Morgan fingerprint density at radius 1 is 1.08 bits per heavy atom. The molecule has 3 amide bonds. The van der Waals surface area contributed by atoms with E-state index in [1.807, 2.05) is 36.1 Å². The summed E-state index contributed by atoms with van der Waals surface area (Å²) in [5.74, 6) is -2.10. The van der Waals surface area contributed by atoms with Gasteiger partial charge in [0, 0.05) is 25.2 Å². The highest BCUT2D eigenvalue weighted by Crippen LogP contribution is 2.54. The molecule has 0 aromatic carbocycles. The first-order valence-corrected chi connectivity index (χ1v) is 13.3. The molecule has 8 nitrogen and oxygen atoms in total. The van der Waals surface area contributed by atoms with Crippen molar-refractivity contribution in [3.05, 3.63) is 24.3 Å². The quantitative estimate of drug-likeness (QED) is 0.565. The molecule has 6 atom stereocenters. The molecule has 2 fully saturated rings. The Kier molecular flexibility index (Phi) is 6.92. The van der Waals surface area contributed by atoms with Gasteiger partial charge < -0.3 is 24.5 Å². The van der Waals surface area contributed by atoms with Crippen molar-refractivity contribution in [2.75, 3.05) is 26.2 Å². The number of aliphatic hydroxyl groups excluding tert-OH is 1. The fourth-order valence-electron chi connectivity index (χ4n) is 7.10. The second kappa shape index (κ2) is 9.28. The number of hydrogen-bond donors (Lipinski definition) is 1. The van der Waals surface area contributed by atoms with Gasteiger partial charge in [-0.2, -0.15) is 0 Å². The number of rotatable bonds is 6. The van der Waals surface area contributed by atoms with Crippen LogP contribution in [0.25, 0.3) is 0 Å². The Labute approximate surface area is 215 Å². The zero-order valence-corrected chi connectivity index (χ0v) is 22.9. The number of aliphatic hydroxyl groups is 1. The molecule has 8 heteroatoms. The van der Waals surface area contributed by atoms with Crippen LogP contribution in [0.4, 0.5) is 0 Å². The van der Waals surface area contributed by atoms with E-state index in [2.05, 4.69) is 34.6 Å². The molecule has 1 unspecified atom stereocenters. The third-order valence-electron chi connectivity index (χ3n) is 8.11. The molecule has 0 aromatic rings. The molecule has 4 aliphatic rings. The molecule has 4 heterocycles. The number of carbonyl (C=O) groups excluding carboxylic acids is 3. The summed E-state index contributed by atoms with van der Waals surface area (Å²) in [5.41, 5.74) is -1.74. The van der Waals surface area contributed by atoms with E-state index in [4.69, 9.17) is 4.74 Å². The largest absolute Gasteiger partial charge is 0.394 e. The fourth-order valence-corrected chi connectivity index (χ4v) is 7.10. The summed E-state index contributed by atoms with van der Waals surface area (Å²) in [5, 5.41) is 10.1. The normalized spacial score (nSPS) is 33.4. The highest BCUT2D eigenvalue weighted by atomic mass is 16.5. The zero-order chi connectivity index (χ0) is 26.6. The van der Waals surface area contributed by atoms with Crippen molar-refractivity contribution < 1.29 is 24.2 Å². The Balaban J connectivity index is 1.82. The van der Waals surface area contributed by atoms with Crippen LogP contribution >= 0.6 is 0 Å². The maximum atomic E-state index is 14.4. The van der Waals surface area contributed by atoms with E-state index in [1.165, 1.54) is 4.90 Å². The van der Waals surface area contributed by atoms with Gasteiger partial charge in [-0.25, -0.2) is 0 Å². The Morgan fingerprint density at radius 3 is 2.39 bits per heavy atom. The number of fused-ring (bicyclic) bond motifs is 2. The third kappa shape index (κ3) is 4.20. The molecule has 200 valence electrons. The second-order valence-electron chi connectivity index (χ2n) is 12.7. The summed E-state index contributed by atoms with van der Waals surface area (Å²) in [6.45, 7) is 15.5. The van der Waals surface area contributed by atoms with Crippen molar-refractivity contribution in [2.45, 2.75) is 90.6 Å². The molecule has 2 saturated heterocycles. The average Bonchev–Trinajstić information content (AvgIpc) is 3.09. The molecule has 0 aliphatic carbocycles. The smallest absolute Gasteiger partial charge is 0.249 e. The summed E-state index contributed by atoms with van der Waals surface area (Å²) >= 11 is 0. The van der Waals surface area contributed by atoms with E-state index < -0.39 is 41.2 Å². The van der Waals surface area contributed by atoms with Gasteiger partial charge >= 0.3 is 0 Å². The maximum absolute atomic E-state index is 14.4. The first-order valence-electron chi connectivity index (χ1n) is 13.3. The molecule has 1 spiro atoms. The van der Waals surface area contributed by atoms with Crippen LogP contribution in [0, 0.1) is 17.3 Å².